The molecule has 2 amide bonds. The van der Waals surface area contributed by atoms with Gasteiger partial charge in [0.25, 0.3) is 0 Å². The first-order chi connectivity index (χ1) is 15.6. The fourth-order valence-electron chi connectivity index (χ4n) is 4.10. The number of carbonyl (C=O) groups is 1. The Labute approximate surface area is 186 Å². The highest BCUT2D eigenvalue weighted by atomic mass is 16.2. The molecule has 5 rings (SSSR count). The highest BCUT2D eigenvalue weighted by Gasteiger charge is 2.24. The van der Waals surface area contributed by atoms with Crippen molar-refractivity contribution in [1.82, 2.24) is 30.0 Å². The molecule has 0 aliphatic carbocycles. The summed E-state index contributed by atoms with van der Waals surface area (Å²) < 4.78 is 3.63. The molecular formula is C24H25N7O. The maximum Gasteiger partial charge on any atom is 0.320 e. The number of carbonyl (C=O) groups excluding carboxylic acids is 1. The van der Waals surface area contributed by atoms with Gasteiger partial charge in [0.1, 0.15) is 17.2 Å². The van der Waals surface area contributed by atoms with Crippen LogP contribution in [0.2, 0.25) is 0 Å². The van der Waals surface area contributed by atoms with Gasteiger partial charge in [-0.2, -0.15) is 5.10 Å². The highest BCUT2D eigenvalue weighted by molar-refractivity contribution is 5.91. The van der Waals surface area contributed by atoms with E-state index in [1.807, 2.05) is 67.2 Å². The Balaban J connectivity index is 1.46. The molecule has 2 aromatic carbocycles. The van der Waals surface area contributed by atoms with Crippen LogP contribution in [0.15, 0.2) is 67.1 Å². The molecular weight excluding hydrogens is 402 g/mol. The van der Waals surface area contributed by atoms with Gasteiger partial charge in [-0.1, -0.05) is 42.5 Å². The molecule has 0 radical (unpaired) electrons. The first kappa shape index (κ1) is 20.0. The molecule has 32 heavy (non-hydrogen) atoms. The Morgan fingerprint density at radius 3 is 2.69 bits per heavy atom. The summed E-state index contributed by atoms with van der Waals surface area (Å²) >= 11 is 0. The zero-order chi connectivity index (χ0) is 22.1. The summed E-state index contributed by atoms with van der Waals surface area (Å²) in [6, 6.07) is 17.5. The number of amides is 2. The molecule has 0 saturated heterocycles. The summed E-state index contributed by atoms with van der Waals surface area (Å²) in [7, 11) is 1.92. The molecule has 162 valence electrons. The minimum absolute atomic E-state index is 0.108. The number of aromatic nitrogens is 4. The van der Waals surface area contributed by atoms with Gasteiger partial charge in [-0.05, 0) is 30.2 Å². The average Bonchev–Trinajstić information content (AvgIpc) is 3.38. The van der Waals surface area contributed by atoms with E-state index in [1.54, 1.807) is 11.0 Å². The summed E-state index contributed by atoms with van der Waals surface area (Å²) in [6.45, 7) is 3.44. The second kappa shape index (κ2) is 8.32. The fraction of sp³-hybridized carbons (Fsp3) is 0.208. The molecule has 0 fully saturated rings. The Hall–Kier alpha value is -3.91. The average molecular weight is 428 g/mol. The number of benzene rings is 2. The number of para-hydroxylation sites is 1. The zero-order valence-electron chi connectivity index (χ0n) is 18.0. The summed E-state index contributed by atoms with van der Waals surface area (Å²) in [5, 5.41) is 14.3. The molecule has 0 saturated carbocycles. The van der Waals surface area contributed by atoms with Crippen LogP contribution in [0.3, 0.4) is 0 Å². The number of rotatable bonds is 4. The van der Waals surface area contributed by atoms with Crippen LogP contribution in [0.1, 0.15) is 22.7 Å². The lowest BCUT2D eigenvalue weighted by molar-refractivity contribution is 0.247. The number of aryl methyl sites for hydroxylation is 1. The Bertz CT molecular complexity index is 1260. The van der Waals surface area contributed by atoms with E-state index in [9.17, 15) is 4.79 Å². The normalized spacial score (nSPS) is 15.2. The van der Waals surface area contributed by atoms with Crippen molar-refractivity contribution in [1.29, 1.82) is 0 Å². The van der Waals surface area contributed by atoms with E-state index in [1.165, 1.54) is 5.56 Å². The number of anilines is 1. The topological polar surface area (TPSA) is 88.8 Å². The summed E-state index contributed by atoms with van der Waals surface area (Å²) in [6.07, 6.45) is 3.66. The van der Waals surface area contributed by atoms with Gasteiger partial charge in [-0.25, -0.2) is 14.5 Å². The molecule has 3 heterocycles. The minimum atomic E-state index is -0.277. The second-order valence-corrected chi connectivity index (χ2v) is 7.97. The van der Waals surface area contributed by atoms with Gasteiger partial charge in [0.15, 0.2) is 0 Å². The molecule has 1 atom stereocenters. The highest BCUT2D eigenvalue weighted by Crippen LogP contribution is 2.30. The molecule has 2 aromatic heterocycles. The molecule has 1 unspecified atom stereocenters. The summed E-state index contributed by atoms with van der Waals surface area (Å²) in [4.78, 5) is 17.5. The number of urea groups is 1. The van der Waals surface area contributed by atoms with Crippen molar-refractivity contribution in [2.24, 2.45) is 7.05 Å². The van der Waals surface area contributed by atoms with Gasteiger partial charge in [-0.15, -0.1) is 0 Å². The lowest BCUT2D eigenvalue weighted by atomic mass is 9.97. The van der Waals surface area contributed by atoms with Gasteiger partial charge in [0, 0.05) is 31.9 Å². The van der Waals surface area contributed by atoms with Crippen LogP contribution >= 0.6 is 0 Å². The number of fused-ring (bicyclic) bond motifs is 1. The van der Waals surface area contributed by atoms with E-state index >= 15 is 0 Å². The second-order valence-electron chi connectivity index (χ2n) is 7.97. The lowest BCUT2D eigenvalue weighted by Gasteiger charge is -2.27. The van der Waals surface area contributed by atoms with Crippen molar-refractivity contribution in [3.63, 3.8) is 0 Å². The molecule has 4 aromatic rings. The van der Waals surface area contributed by atoms with Crippen molar-refractivity contribution >= 4 is 11.8 Å². The molecule has 8 heteroatoms. The molecule has 8 nitrogen and oxygen atoms in total. The summed E-state index contributed by atoms with van der Waals surface area (Å²) in [5.74, 6) is 0.617. The maximum atomic E-state index is 13.1. The Kier molecular flexibility index (Phi) is 5.20. The van der Waals surface area contributed by atoms with Crippen molar-refractivity contribution in [3.8, 4) is 17.1 Å². The van der Waals surface area contributed by atoms with E-state index < -0.39 is 0 Å². The number of nitrogens with one attached hydrogen (secondary N) is 3. The fourth-order valence-corrected chi connectivity index (χ4v) is 4.10. The zero-order valence-corrected chi connectivity index (χ0v) is 18.0. The number of imidazole rings is 1. The molecule has 3 N–H and O–H groups in total. The Morgan fingerprint density at radius 2 is 1.91 bits per heavy atom. The van der Waals surface area contributed by atoms with Crippen LogP contribution in [0.25, 0.3) is 17.1 Å². The first-order valence-corrected chi connectivity index (χ1v) is 10.6. The first-order valence-electron chi connectivity index (χ1n) is 10.6. The van der Waals surface area contributed by atoms with Crippen molar-refractivity contribution < 1.29 is 4.79 Å². The number of hydrogen-bond donors (Lipinski definition) is 3. The third-order valence-corrected chi connectivity index (χ3v) is 5.70. The van der Waals surface area contributed by atoms with Crippen molar-refractivity contribution in [2.45, 2.75) is 19.5 Å². The van der Waals surface area contributed by atoms with Crippen LogP contribution in [-0.2, 0) is 13.6 Å². The third-order valence-electron chi connectivity index (χ3n) is 5.70. The number of nitrogens with zero attached hydrogens (tertiary/aromatic N) is 4. The van der Waals surface area contributed by atoms with Crippen LogP contribution in [0, 0.1) is 6.92 Å². The van der Waals surface area contributed by atoms with Crippen LogP contribution < -0.4 is 16.0 Å². The van der Waals surface area contributed by atoms with Crippen LogP contribution in [0.4, 0.5) is 10.6 Å². The number of hydrogen-bond acceptors (Lipinski definition) is 4. The summed E-state index contributed by atoms with van der Waals surface area (Å²) in [5.41, 5.74) is 5.54. The van der Waals surface area contributed by atoms with Crippen molar-refractivity contribution in [3.05, 3.63) is 83.8 Å². The predicted octanol–water partition coefficient (Wildman–Crippen LogP) is 3.55. The van der Waals surface area contributed by atoms with E-state index in [-0.39, 0.29) is 12.1 Å². The van der Waals surface area contributed by atoms with E-state index in [0.717, 1.165) is 34.7 Å². The van der Waals surface area contributed by atoms with Gasteiger partial charge < -0.3 is 15.2 Å². The van der Waals surface area contributed by atoms with E-state index in [0.29, 0.717) is 12.4 Å². The minimum Gasteiger partial charge on any atom is -0.340 e. The smallest absolute Gasteiger partial charge is 0.320 e. The lowest BCUT2D eigenvalue weighted by Crippen LogP contribution is -2.41. The predicted molar refractivity (Wildman–Crippen MR) is 124 cm³/mol. The quantitative estimate of drug-likeness (QED) is 0.465. The largest absolute Gasteiger partial charge is 0.340 e. The molecule has 1 aliphatic rings. The molecule has 0 spiro atoms. The molecule has 0 bridgehead atoms. The van der Waals surface area contributed by atoms with Crippen LogP contribution in [-0.4, -0.2) is 31.9 Å². The molecule has 1 aliphatic heterocycles. The van der Waals surface area contributed by atoms with Crippen LogP contribution in [0.5, 0.6) is 0 Å². The Morgan fingerprint density at radius 1 is 1.12 bits per heavy atom. The van der Waals surface area contributed by atoms with E-state index in [4.69, 9.17) is 5.10 Å². The van der Waals surface area contributed by atoms with Gasteiger partial charge >= 0.3 is 6.03 Å². The van der Waals surface area contributed by atoms with Gasteiger partial charge in [-0.3, -0.25) is 5.32 Å². The standard InChI is InChI=1S/C24H25N7O/c1-16-22(21-14-30(2)15-26-21)29-31(18-9-4-3-5-10-18)23(16)28-24(32)27-20-13-25-12-17-8-6-7-11-19(17)20/h3-11,14-15,20,25H,12-13H2,1-2H3,(H2,27,28,32). The van der Waals surface area contributed by atoms with E-state index in [2.05, 4.69) is 33.1 Å². The third kappa shape index (κ3) is 3.76. The maximum absolute atomic E-state index is 13.1. The van der Waals surface area contributed by atoms with Gasteiger partial charge in [0.2, 0.25) is 0 Å². The van der Waals surface area contributed by atoms with Crippen molar-refractivity contribution in [2.75, 3.05) is 11.9 Å². The monoisotopic (exact) mass is 427 g/mol. The van der Waals surface area contributed by atoms with Gasteiger partial charge in [0.05, 0.1) is 18.1 Å². The SMILES string of the molecule is Cc1c(-c2cn(C)cn2)nn(-c2ccccc2)c1NC(=O)NC1CNCc2ccccc21.